The lowest BCUT2D eigenvalue weighted by Gasteiger charge is -2.12. The number of hydrogen-bond acceptors (Lipinski definition) is 2. The molecule has 9 rings (SSSR count). The van der Waals surface area contributed by atoms with E-state index >= 15 is 0 Å². The van der Waals surface area contributed by atoms with Crippen molar-refractivity contribution in [3.8, 4) is 22.3 Å². The van der Waals surface area contributed by atoms with Gasteiger partial charge in [-0.25, -0.2) is 4.98 Å². The van der Waals surface area contributed by atoms with Crippen molar-refractivity contribution in [2.24, 2.45) is 0 Å². The van der Waals surface area contributed by atoms with Crippen molar-refractivity contribution in [1.29, 1.82) is 0 Å². The van der Waals surface area contributed by atoms with Gasteiger partial charge >= 0.3 is 0 Å². The maximum Gasteiger partial charge on any atom is 0.264 e. The molecule has 41 heavy (non-hydrogen) atoms. The summed E-state index contributed by atoms with van der Waals surface area (Å²) in [4.78, 5) is 19.1. The van der Waals surface area contributed by atoms with Gasteiger partial charge in [-0.3, -0.25) is 9.20 Å². The normalized spacial score (nSPS) is 12.0. The summed E-state index contributed by atoms with van der Waals surface area (Å²) in [7, 11) is 0. The summed E-state index contributed by atoms with van der Waals surface area (Å²) in [6.45, 7) is 0. The van der Waals surface area contributed by atoms with Crippen LogP contribution in [0.15, 0.2) is 138 Å². The Labute approximate surface area is 234 Å². The number of nitrogens with zero attached hydrogens (tertiary/aromatic N) is 2. The third-order valence-corrected chi connectivity index (χ3v) is 8.51. The number of benzene rings is 7. The summed E-state index contributed by atoms with van der Waals surface area (Å²) in [5.74, 6) is 0. The van der Waals surface area contributed by atoms with Gasteiger partial charge in [0.1, 0.15) is 5.65 Å². The molecule has 0 amide bonds. The van der Waals surface area contributed by atoms with Gasteiger partial charge in [0.15, 0.2) is 0 Å². The first-order chi connectivity index (χ1) is 20.2. The zero-order chi connectivity index (χ0) is 27.1. The highest BCUT2D eigenvalue weighted by molar-refractivity contribution is 6.19. The van der Waals surface area contributed by atoms with E-state index in [2.05, 4.69) is 115 Å². The Hall–Kier alpha value is -5.54. The van der Waals surface area contributed by atoms with Crippen LogP contribution >= 0.6 is 0 Å². The summed E-state index contributed by atoms with van der Waals surface area (Å²) in [6.07, 6.45) is 0. The first kappa shape index (κ1) is 22.3. The van der Waals surface area contributed by atoms with E-state index in [1.54, 1.807) is 4.40 Å². The van der Waals surface area contributed by atoms with Crippen molar-refractivity contribution in [2.75, 3.05) is 0 Å². The van der Waals surface area contributed by atoms with Crippen LogP contribution in [0.25, 0.3) is 82.0 Å². The molecule has 0 fully saturated rings. The van der Waals surface area contributed by atoms with Gasteiger partial charge in [-0.1, -0.05) is 97.1 Å². The monoisotopic (exact) mass is 522 g/mol. The average molecular weight is 523 g/mol. The molecule has 2 heterocycles. The van der Waals surface area contributed by atoms with Crippen molar-refractivity contribution in [2.45, 2.75) is 0 Å². The van der Waals surface area contributed by atoms with Crippen molar-refractivity contribution in [1.82, 2.24) is 9.38 Å². The largest absolute Gasteiger partial charge is 0.268 e. The second-order valence-electron chi connectivity index (χ2n) is 10.8. The number of imidazole rings is 1. The molecule has 0 aliphatic heterocycles. The lowest BCUT2D eigenvalue weighted by molar-refractivity contribution is 1.19. The van der Waals surface area contributed by atoms with Crippen molar-refractivity contribution in [3.05, 3.63) is 144 Å². The predicted octanol–water partition coefficient (Wildman–Crippen LogP) is 9.23. The Morgan fingerprint density at radius 1 is 0.488 bits per heavy atom. The molecule has 3 heteroatoms. The number of rotatable bonds is 2. The van der Waals surface area contributed by atoms with Crippen LogP contribution in [0.1, 0.15) is 0 Å². The molecule has 0 saturated heterocycles. The van der Waals surface area contributed by atoms with E-state index in [4.69, 9.17) is 4.98 Å². The fourth-order valence-corrected chi connectivity index (χ4v) is 6.52. The van der Waals surface area contributed by atoms with Crippen LogP contribution in [-0.2, 0) is 0 Å². The van der Waals surface area contributed by atoms with Crippen LogP contribution in [0.3, 0.4) is 0 Å². The highest BCUT2D eigenvalue weighted by Crippen LogP contribution is 2.37. The van der Waals surface area contributed by atoms with Crippen molar-refractivity contribution < 1.29 is 0 Å². The predicted molar refractivity (Wildman–Crippen MR) is 171 cm³/mol. The van der Waals surface area contributed by atoms with Crippen molar-refractivity contribution >= 4 is 59.8 Å². The molecule has 0 N–H and O–H groups in total. The Kier molecular flexibility index (Phi) is 4.48. The average Bonchev–Trinajstić information content (AvgIpc) is 3.42. The molecule has 0 spiro atoms. The quantitative estimate of drug-likeness (QED) is 0.227. The maximum atomic E-state index is 14.0. The number of hydrogen-bond donors (Lipinski definition) is 0. The van der Waals surface area contributed by atoms with Crippen LogP contribution in [0.4, 0.5) is 0 Å². The molecule has 0 atom stereocenters. The van der Waals surface area contributed by atoms with E-state index in [1.807, 2.05) is 18.2 Å². The second-order valence-corrected chi connectivity index (χ2v) is 10.8. The van der Waals surface area contributed by atoms with Crippen LogP contribution in [-0.4, -0.2) is 9.38 Å². The van der Waals surface area contributed by atoms with E-state index in [9.17, 15) is 4.79 Å². The van der Waals surface area contributed by atoms with Crippen LogP contribution in [0, 0.1) is 0 Å². The van der Waals surface area contributed by atoms with E-state index < -0.39 is 0 Å². The molecule has 0 aliphatic carbocycles. The fraction of sp³-hybridized carbons (Fsp3) is 0. The fourth-order valence-electron chi connectivity index (χ4n) is 6.52. The summed E-state index contributed by atoms with van der Waals surface area (Å²) >= 11 is 0. The maximum absolute atomic E-state index is 14.0. The van der Waals surface area contributed by atoms with Gasteiger partial charge in [-0.05, 0) is 85.6 Å². The van der Waals surface area contributed by atoms with Gasteiger partial charge in [0.05, 0.1) is 11.0 Å². The molecule has 0 saturated carbocycles. The van der Waals surface area contributed by atoms with Gasteiger partial charge in [0, 0.05) is 16.2 Å². The van der Waals surface area contributed by atoms with Gasteiger partial charge < -0.3 is 0 Å². The van der Waals surface area contributed by atoms with E-state index in [1.165, 1.54) is 21.5 Å². The summed E-state index contributed by atoms with van der Waals surface area (Å²) < 4.78 is 1.78. The topological polar surface area (TPSA) is 34.4 Å². The van der Waals surface area contributed by atoms with Gasteiger partial charge in [-0.15, -0.1) is 0 Å². The zero-order valence-corrected chi connectivity index (χ0v) is 22.0. The third-order valence-electron chi connectivity index (χ3n) is 8.51. The highest BCUT2D eigenvalue weighted by atomic mass is 16.1. The highest BCUT2D eigenvalue weighted by Gasteiger charge is 2.18. The number of aromatic nitrogens is 2. The molecule has 9 aromatic rings. The summed E-state index contributed by atoms with van der Waals surface area (Å²) in [5, 5.41) is 8.58. The molecular weight excluding hydrogens is 500 g/mol. The van der Waals surface area contributed by atoms with Crippen LogP contribution in [0.2, 0.25) is 0 Å². The standard InChI is InChI=1S/C38H22N2O/c41-38-33-11-5-10-31-30(29-15-13-24-7-2-4-9-26(24)21-29)17-18-32(36(31)33)37-39-34-22-28(16-19-35(34)40(37)38)27-14-12-23-6-1-3-8-25(23)20-27/h1-22H. The molecule has 190 valence electrons. The van der Waals surface area contributed by atoms with Gasteiger partial charge in [0.25, 0.3) is 5.56 Å². The van der Waals surface area contributed by atoms with E-state index in [0.717, 1.165) is 49.4 Å². The van der Waals surface area contributed by atoms with Gasteiger partial charge in [0.2, 0.25) is 0 Å². The molecule has 2 aromatic heterocycles. The first-order valence-electron chi connectivity index (χ1n) is 13.8. The second kappa shape index (κ2) is 8.23. The Morgan fingerprint density at radius 2 is 1.12 bits per heavy atom. The third kappa shape index (κ3) is 3.20. The molecule has 0 aliphatic rings. The summed E-state index contributed by atoms with van der Waals surface area (Å²) in [6, 6.07) is 46.4. The van der Waals surface area contributed by atoms with E-state index in [0.29, 0.717) is 11.0 Å². The number of pyridine rings is 1. The molecular formula is C38H22N2O. The van der Waals surface area contributed by atoms with Crippen molar-refractivity contribution in [3.63, 3.8) is 0 Å². The lowest BCUT2D eigenvalue weighted by atomic mass is 9.93. The Balaban J connectivity index is 1.29. The Morgan fingerprint density at radius 3 is 1.90 bits per heavy atom. The molecule has 0 unspecified atom stereocenters. The first-order valence-corrected chi connectivity index (χ1v) is 13.8. The SMILES string of the molecule is O=c1c2cccc3c(-c4ccc5ccccc5c4)ccc(c32)c2nc3cc(-c4ccc5ccccc5c4)ccc3n12. The zero-order valence-electron chi connectivity index (χ0n) is 22.0. The minimum atomic E-state index is -0.0327. The molecule has 3 nitrogen and oxygen atoms in total. The Bertz CT molecular complexity index is 2560. The summed E-state index contributed by atoms with van der Waals surface area (Å²) in [5.41, 5.74) is 6.79. The molecule has 0 radical (unpaired) electrons. The van der Waals surface area contributed by atoms with Crippen LogP contribution in [0.5, 0.6) is 0 Å². The molecule has 7 aromatic carbocycles. The lowest BCUT2D eigenvalue weighted by Crippen LogP contribution is -2.13. The minimum Gasteiger partial charge on any atom is -0.268 e. The van der Waals surface area contributed by atoms with Gasteiger partial charge in [-0.2, -0.15) is 0 Å². The van der Waals surface area contributed by atoms with Crippen LogP contribution < -0.4 is 5.56 Å². The number of fused-ring (bicyclic) bond motifs is 6. The minimum absolute atomic E-state index is 0.0327. The smallest absolute Gasteiger partial charge is 0.264 e. The molecule has 0 bridgehead atoms. The van der Waals surface area contributed by atoms with E-state index in [-0.39, 0.29) is 5.56 Å².